The highest BCUT2D eigenvalue weighted by atomic mass is 16.5. The minimum Gasteiger partial charge on any atom is -0.496 e. The molecule has 0 bridgehead atoms. The summed E-state index contributed by atoms with van der Waals surface area (Å²) in [7, 11) is 1.68. The molecule has 2 rings (SSSR count). The molecule has 2 aromatic rings. The summed E-state index contributed by atoms with van der Waals surface area (Å²) in [6.45, 7) is 5.12. The maximum Gasteiger partial charge on any atom is 0.223 e. The normalized spacial score (nSPS) is 10.6. The Kier molecular flexibility index (Phi) is 3.94. The van der Waals surface area contributed by atoms with Crippen molar-refractivity contribution >= 4 is 0 Å². The quantitative estimate of drug-likeness (QED) is 0.875. The molecule has 18 heavy (non-hydrogen) atoms. The van der Waals surface area contributed by atoms with Gasteiger partial charge in [-0.3, -0.25) is 0 Å². The van der Waals surface area contributed by atoms with E-state index >= 15 is 0 Å². The summed E-state index contributed by atoms with van der Waals surface area (Å²) in [5.74, 6) is 2.14. The highest BCUT2D eigenvalue weighted by Crippen LogP contribution is 2.19. The molecule has 5 heteroatoms. The van der Waals surface area contributed by atoms with Gasteiger partial charge in [0.15, 0.2) is 5.82 Å². The van der Waals surface area contributed by atoms with Gasteiger partial charge >= 0.3 is 0 Å². The van der Waals surface area contributed by atoms with Gasteiger partial charge in [-0.25, -0.2) is 0 Å². The molecule has 0 aliphatic heterocycles. The van der Waals surface area contributed by atoms with Crippen molar-refractivity contribution in [1.29, 1.82) is 0 Å². The zero-order valence-corrected chi connectivity index (χ0v) is 10.9. The third kappa shape index (κ3) is 3.07. The van der Waals surface area contributed by atoms with Crippen LogP contribution in [0, 0.1) is 13.8 Å². The van der Waals surface area contributed by atoms with E-state index in [4.69, 9.17) is 9.26 Å². The van der Waals surface area contributed by atoms with Crippen LogP contribution in [-0.2, 0) is 13.1 Å². The predicted molar refractivity (Wildman–Crippen MR) is 67.3 cm³/mol. The Balaban J connectivity index is 1.95. The first-order chi connectivity index (χ1) is 8.69. The van der Waals surface area contributed by atoms with Crippen molar-refractivity contribution in [3.63, 3.8) is 0 Å². The van der Waals surface area contributed by atoms with Crippen LogP contribution in [0.3, 0.4) is 0 Å². The number of nitrogens with one attached hydrogen (secondary N) is 1. The number of hydrogen-bond acceptors (Lipinski definition) is 5. The lowest BCUT2D eigenvalue weighted by atomic mass is 10.1. The number of methoxy groups -OCH3 is 1. The number of aromatic nitrogens is 2. The number of rotatable bonds is 5. The van der Waals surface area contributed by atoms with Crippen LogP contribution in [0.5, 0.6) is 5.75 Å². The van der Waals surface area contributed by atoms with Crippen LogP contribution in [0.4, 0.5) is 0 Å². The first-order valence-corrected chi connectivity index (χ1v) is 5.82. The van der Waals surface area contributed by atoms with Crippen molar-refractivity contribution in [2.75, 3.05) is 7.11 Å². The lowest BCUT2D eigenvalue weighted by Gasteiger charge is -2.09. The Bertz CT molecular complexity index is 523. The second-order valence-corrected chi connectivity index (χ2v) is 4.15. The molecule has 1 N–H and O–H groups in total. The number of benzene rings is 1. The largest absolute Gasteiger partial charge is 0.496 e. The van der Waals surface area contributed by atoms with E-state index < -0.39 is 0 Å². The molecule has 0 spiro atoms. The molecule has 0 fully saturated rings. The summed E-state index contributed by atoms with van der Waals surface area (Å²) in [5, 5.41) is 7.10. The van der Waals surface area contributed by atoms with Gasteiger partial charge in [0, 0.05) is 19.0 Å². The minimum atomic E-state index is 0.578. The molecule has 0 unspecified atom stereocenters. The van der Waals surface area contributed by atoms with Gasteiger partial charge in [-0.15, -0.1) is 0 Å². The van der Waals surface area contributed by atoms with Crippen molar-refractivity contribution in [3.8, 4) is 5.75 Å². The van der Waals surface area contributed by atoms with Crippen LogP contribution in [0.15, 0.2) is 22.7 Å². The first-order valence-electron chi connectivity index (χ1n) is 5.82. The Morgan fingerprint density at radius 3 is 2.78 bits per heavy atom. The summed E-state index contributed by atoms with van der Waals surface area (Å²) in [6, 6.07) is 6.11. The van der Waals surface area contributed by atoms with Gasteiger partial charge in [0.05, 0.1) is 13.7 Å². The molecule has 0 saturated carbocycles. The van der Waals surface area contributed by atoms with Gasteiger partial charge < -0.3 is 14.6 Å². The fraction of sp³-hybridized carbons (Fsp3) is 0.385. The Morgan fingerprint density at radius 2 is 2.11 bits per heavy atom. The van der Waals surface area contributed by atoms with E-state index in [1.807, 2.05) is 12.1 Å². The second kappa shape index (κ2) is 5.64. The average molecular weight is 247 g/mol. The number of aryl methyl sites for hydroxylation is 2. The highest BCUT2D eigenvalue weighted by Gasteiger charge is 2.05. The van der Waals surface area contributed by atoms with E-state index in [2.05, 4.69) is 28.4 Å². The fourth-order valence-electron chi connectivity index (χ4n) is 1.77. The Hall–Kier alpha value is -1.88. The van der Waals surface area contributed by atoms with E-state index in [9.17, 15) is 0 Å². The summed E-state index contributed by atoms with van der Waals surface area (Å²) in [5.41, 5.74) is 2.33. The van der Waals surface area contributed by atoms with Crippen molar-refractivity contribution < 1.29 is 9.26 Å². The topological polar surface area (TPSA) is 60.2 Å². The number of hydrogen-bond donors (Lipinski definition) is 1. The van der Waals surface area contributed by atoms with Gasteiger partial charge in [-0.2, -0.15) is 4.98 Å². The summed E-state index contributed by atoms with van der Waals surface area (Å²) in [6.07, 6.45) is 0. The van der Waals surface area contributed by atoms with Crippen LogP contribution < -0.4 is 10.1 Å². The Morgan fingerprint density at radius 1 is 1.28 bits per heavy atom. The average Bonchev–Trinajstić information content (AvgIpc) is 2.75. The monoisotopic (exact) mass is 247 g/mol. The molecule has 0 radical (unpaired) electrons. The molecule has 1 aromatic heterocycles. The van der Waals surface area contributed by atoms with Gasteiger partial charge in [0.25, 0.3) is 0 Å². The number of nitrogens with zero attached hydrogens (tertiary/aromatic N) is 2. The van der Waals surface area contributed by atoms with Gasteiger partial charge in [0.1, 0.15) is 5.75 Å². The van der Waals surface area contributed by atoms with Gasteiger partial charge in [-0.1, -0.05) is 22.9 Å². The van der Waals surface area contributed by atoms with E-state index in [0.717, 1.165) is 11.3 Å². The van der Waals surface area contributed by atoms with Crippen LogP contribution in [-0.4, -0.2) is 17.3 Å². The number of ether oxygens (including phenoxy) is 1. The summed E-state index contributed by atoms with van der Waals surface area (Å²) in [4.78, 5) is 4.13. The van der Waals surface area contributed by atoms with Crippen molar-refractivity contribution in [1.82, 2.24) is 15.5 Å². The maximum atomic E-state index is 5.32. The van der Waals surface area contributed by atoms with Gasteiger partial charge in [0.2, 0.25) is 5.89 Å². The molecule has 96 valence electrons. The van der Waals surface area contributed by atoms with Crippen LogP contribution in [0.1, 0.15) is 22.8 Å². The van der Waals surface area contributed by atoms with Gasteiger partial charge in [-0.05, 0) is 13.0 Å². The van der Waals surface area contributed by atoms with E-state index in [-0.39, 0.29) is 0 Å². The van der Waals surface area contributed by atoms with Crippen molar-refractivity contribution in [2.24, 2.45) is 0 Å². The fourth-order valence-corrected chi connectivity index (χ4v) is 1.77. The second-order valence-electron chi connectivity index (χ2n) is 4.15. The first kappa shape index (κ1) is 12.6. The Labute approximate surface area is 106 Å². The SMILES string of the molecule is COc1ccc(C)cc1CNCc1noc(C)n1. The molecular formula is C13H17N3O2. The predicted octanol–water partition coefficient (Wildman–Crippen LogP) is 1.98. The zero-order chi connectivity index (χ0) is 13.0. The van der Waals surface area contributed by atoms with Crippen LogP contribution >= 0.6 is 0 Å². The third-order valence-corrected chi connectivity index (χ3v) is 2.60. The molecule has 1 aromatic carbocycles. The summed E-state index contributed by atoms with van der Waals surface area (Å²) < 4.78 is 10.2. The molecule has 0 atom stereocenters. The summed E-state index contributed by atoms with van der Waals surface area (Å²) >= 11 is 0. The molecule has 0 aliphatic carbocycles. The lowest BCUT2D eigenvalue weighted by molar-refractivity contribution is 0.385. The smallest absolute Gasteiger partial charge is 0.223 e. The third-order valence-electron chi connectivity index (χ3n) is 2.60. The lowest BCUT2D eigenvalue weighted by Crippen LogP contribution is -2.14. The molecule has 5 nitrogen and oxygen atoms in total. The van der Waals surface area contributed by atoms with Crippen molar-refractivity contribution in [3.05, 3.63) is 41.0 Å². The molecule has 1 heterocycles. The molecule has 0 aliphatic rings. The van der Waals surface area contributed by atoms with Crippen molar-refractivity contribution in [2.45, 2.75) is 26.9 Å². The van der Waals surface area contributed by atoms with E-state index in [1.54, 1.807) is 14.0 Å². The highest BCUT2D eigenvalue weighted by molar-refractivity contribution is 5.36. The maximum absolute atomic E-state index is 5.32. The van der Waals surface area contributed by atoms with Crippen LogP contribution in [0.25, 0.3) is 0 Å². The minimum absolute atomic E-state index is 0.578. The van der Waals surface area contributed by atoms with Crippen LogP contribution in [0.2, 0.25) is 0 Å². The standard InChI is InChI=1S/C13H17N3O2/c1-9-4-5-12(17-3)11(6-9)7-14-8-13-15-10(2)18-16-13/h4-6,14H,7-8H2,1-3H3. The van der Waals surface area contributed by atoms with E-state index in [0.29, 0.717) is 24.8 Å². The molecular weight excluding hydrogens is 230 g/mol. The van der Waals surface area contributed by atoms with E-state index in [1.165, 1.54) is 5.56 Å². The molecule has 0 saturated heterocycles. The molecule has 0 amide bonds. The zero-order valence-electron chi connectivity index (χ0n) is 10.9.